The normalized spacial score (nSPS) is 11.9. The Morgan fingerprint density at radius 3 is 3.00 bits per heavy atom. The van der Waals surface area contributed by atoms with E-state index in [-0.39, 0.29) is 11.9 Å². The first-order valence-electron chi connectivity index (χ1n) is 6.19. The van der Waals surface area contributed by atoms with E-state index in [9.17, 15) is 4.79 Å². The summed E-state index contributed by atoms with van der Waals surface area (Å²) in [5.41, 5.74) is 2.27. The lowest BCUT2D eigenvalue weighted by Gasteiger charge is -2.14. The average Bonchev–Trinajstić information content (AvgIpc) is 2.93. The highest BCUT2D eigenvalue weighted by molar-refractivity contribution is 5.99. The van der Waals surface area contributed by atoms with Crippen LogP contribution in [-0.2, 0) is 0 Å². The summed E-state index contributed by atoms with van der Waals surface area (Å²) < 4.78 is 0. The van der Waals surface area contributed by atoms with Gasteiger partial charge in [-0.1, -0.05) is 0 Å². The molecule has 19 heavy (non-hydrogen) atoms. The van der Waals surface area contributed by atoms with Gasteiger partial charge in [0, 0.05) is 24.5 Å². The Kier molecular flexibility index (Phi) is 4.12. The number of hydrogen-bond donors (Lipinski definition) is 3. The number of rotatable bonds is 5. The molecule has 2 rings (SSSR count). The van der Waals surface area contributed by atoms with Crippen molar-refractivity contribution in [3.05, 3.63) is 42.0 Å². The molecule has 6 nitrogen and oxygen atoms in total. The summed E-state index contributed by atoms with van der Waals surface area (Å²) in [5, 5.41) is 12.7. The van der Waals surface area contributed by atoms with Crippen LogP contribution in [-0.4, -0.2) is 27.6 Å². The molecule has 0 saturated carbocycles. The number of H-pyrrole nitrogens is 1. The van der Waals surface area contributed by atoms with E-state index in [4.69, 9.17) is 0 Å². The van der Waals surface area contributed by atoms with E-state index in [0.29, 0.717) is 5.56 Å². The first-order chi connectivity index (χ1) is 9.22. The zero-order valence-corrected chi connectivity index (χ0v) is 11.0. The zero-order chi connectivity index (χ0) is 13.7. The fraction of sp³-hybridized carbons (Fsp3) is 0.308. The van der Waals surface area contributed by atoms with Crippen LogP contribution >= 0.6 is 0 Å². The molecule has 0 aromatic carbocycles. The highest BCUT2D eigenvalue weighted by atomic mass is 16.1. The topological polar surface area (TPSA) is 82.7 Å². The molecule has 3 N–H and O–H groups in total. The van der Waals surface area contributed by atoms with E-state index < -0.39 is 0 Å². The summed E-state index contributed by atoms with van der Waals surface area (Å²) in [4.78, 5) is 16.3. The van der Waals surface area contributed by atoms with Crippen molar-refractivity contribution in [1.82, 2.24) is 20.5 Å². The molecule has 1 unspecified atom stereocenters. The highest BCUT2D eigenvalue weighted by Gasteiger charge is 2.15. The largest absolute Gasteiger partial charge is 0.383 e. The van der Waals surface area contributed by atoms with Gasteiger partial charge in [-0.25, -0.2) is 0 Å². The number of carbonyl (C=O) groups excluding carboxylic acids is 1. The molecule has 0 aliphatic rings. The summed E-state index contributed by atoms with van der Waals surface area (Å²) in [6.07, 6.45) is 6.73. The minimum atomic E-state index is -0.132. The molecule has 0 spiro atoms. The summed E-state index contributed by atoms with van der Waals surface area (Å²) >= 11 is 0. The molecule has 0 saturated heterocycles. The lowest BCUT2D eigenvalue weighted by molar-refractivity contribution is 0.0940. The van der Waals surface area contributed by atoms with Gasteiger partial charge in [0.05, 0.1) is 29.7 Å². The van der Waals surface area contributed by atoms with Gasteiger partial charge in [-0.05, 0) is 19.9 Å². The van der Waals surface area contributed by atoms with Gasteiger partial charge in [0.25, 0.3) is 5.91 Å². The van der Waals surface area contributed by atoms with Crippen molar-refractivity contribution in [1.29, 1.82) is 0 Å². The Morgan fingerprint density at radius 2 is 2.32 bits per heavy atom. The lowest BCUT2D eigenvalue weighted by atomic mass is 10.1. The van der Waals surface area contributed by atoms with E-state index in [0.717, 1.165) is 17.8 Å². The summed E-state index contributed by atoms with van der Waals surface area (Å²) in [7, 11) is 0. The van der Waals surface area contributed by atoms with Crippen LogP contribution in [0.1, 0.15) is 35.8 Å². The van der Waals surface area contributed by atoms with Gasteiger partial charge < -0.3 is 10.6 Å². The second-order valence-corrected chi connectivity index (χ2v) is 4.18. The van der Waals surface area contributed by atoms with Crippen molar-refractivity contribution in [3.8, 4) is 0 Å². The number of pyridine rings is 1. The minimum absolute atomic E-state index is 0.103. The third kappa shape index (κ3) is 3.09. The molecule has 0 bridgehead atoms. The molecule has 0 aliphatic heterocycles. The van der Waals surface area contributed by atoms with Crippen molar-refractivity contribution in [2.75, 3.05) is 11.9 Å². The van der Waals surface area contributed by atoms with Crippen LogP contribution in [0.3, 0.4) is 0 Å². The van der Waals surface area contributed by atoms with Crippen LogP contribution in [0.15, 0.2) is 30.9 Å². The summed E-state index contributed by atoms with van der Waals surface area (Å²) in [5.74, 6) is -0.132. The number of aromatic amines is 1. The van der Waals surface area contributed by atoms with E-state index in [2.05, 4.69) is 25.8 Å². The molecule has 1 atom stereocenters. The number of hydrogen-bond acceptors (Lipinski definition) is 4. The van der Waals surface area contributed by atoms with E-state index in [1.54, 1.807) is 30.9 Å². The first kappa shape index (κ1) is 13.1. The van der Waals surface area contributed by atoms with E-state index in [1.165, 1.54) is 0 Å². The van der Waals surface area contributed by atoms with Gasteiger partial charge >= 0.3 is 0 Å². The van der Waals surface area contributed by atoms with Crippen LogP contribution < -0.4 is 10.6 Å². The number of amides is 1. The zero-order valence-electron chi connectivity index (χ0n) is 11.0. The standard InChI is InChI=1S/C13H17N5O/c1-3-15-12-8-14-5-4-11(12)13(19)18-9(2)10-6-16-17-7-10/h4-9,15H,3H2,1-2H3,(H,16,17)(H,18,19). The molecular formula is C13H17N5O. The SMILES string of the molecule is CCNc1cnccc1C(=O)NC(C)c1cn[nH]c1. The second-order valence-electron chi connectivity index (χ2n) is 4.18. The summed E-state index contributed by atoms with van der Waals surface area (Å²) in [6, 6.07) is 1.60. The first-order valence-corrected chi connectivity index (χ1v) is 6.19. The quantitative estimate of drug-likeness (QED) is 0.763. The maximum absolute atomic E-state index is 12.2. The van der Waals surface area contributed by atoms with Crippen molar-refractivity contribution in [2.24, 2.45) is 0 Å². The Morgan fingerprint density at radius 1 is 1.47 bits per heavy atom. The van der Waals surface area contributed by atoms with Gasteiger partial charge in [0.1, 0.15) is 0 Å². The predicted molar refractivity (Wildman–Crippen MR) is 72.9 cm³/mol. The minimum Gasteiger partial charge on any atom is -0.383 e. The molecular weight excluding hydrogens is 242 g/mol. The van der Waals surface area contributed by atoms with Crippen LogP contribution in [0.2, 0.25) is 0 Å². The predicted octanol–water partition coefficient (Wildman–Crippen LogP) is 1.73. The Labute approximate surface area is 111 Å². The van der Waals surface area contributed by atoms with Gasteiger partial charge in [-0.15, -0.1) is 0 Å². The molecule has 2 heterocycles. The molecule has 0 aliphatic carbocycles. The Bertz CT molecular complexity index is 538. The Balaban J connectivity index is 2.11. The van der Waals surface area contributed by atoms with Gasteiger partial charge in [0.15, 0.2) is 0 Å². The number of carbonyl (C=O) groups is 1. The number of aromatic nitrogens is 3. The van der Waals surface area contributed by atoms with Crippen LogP contribution in [0.4, 0.5) is 5.69 Å². The van der Waals surface area contributed by atoms with Gasteiger partial charge in [-0.2, -0.15) is 5.10 Å². The molecule has 100 valence electrons. The van der Waals surface area contributed by atoms with Crippen LogP contribution in [0.25, 0.3) is 0 Å². The van der Waals surface area contributed by atoms with Crippen molar-refractivity contribution in [3.63, 3.8) is 0 Å². The van der Waals surface area contributed by atoms with Crippen molar-refractivity contribution >= 4 is 11.6 Å². The molecule has 6 heteroatoms. The molecule has 2 aromatic rings. The van der Waals surface area contributed by atoms with Crippen LogP contribution in [0, 0.1) is 0 Å². The molecule has 0 fully saturated rings. The maximum Gasteiger partial charge on any atom is 0.253 e. The average molecular weight is 259 g/mol. The molecule has 1 amide bonds. The maximum atomic E-state index is 12.2. The van der Waals surface area contributed by atoms with Crippen LogP contribution in [0.5, 0.6) is 0 Å². The monoisotopic (exact) mass is 259 g/mol. The van der Waals surface area contributed by atoms with Gasteiger partial charge in [0.2, 0.25) is 0 Å². The van der Waals surface area contributed by atoms with Crippen molar-refractivity contribution in [2.45, 2.75) is 19.9 Å². The molecule has 2 aromatic heterocycles. The third-order valence-corrected chi connectivity index (χ3v) is 2.80. The highest BCUT2D eigenvalue weighted by Crippen LogP contribution is 2.15. The Hall–Kier alpha value is -2.37. The number of anilines is 1. The lowest BCUT2D eigenvalue weighted by Crippen LogP contribution is -2.27. The van der Waals surface area contributed by atoms with E-state index >= 15 is 0 Å². The number of nitrogens with zero attached hydrogens (tertiary/aromatic N) is 2. The second kappa shape index (κ2) is 5.99. The van der Waals surface area contributed by atoms with E-state index in [1.807, 2.05) is 13.8 Å². The van der Waals surface area contributed by atoms with Crippen molar-refractivity contribution < 1.29 is 4.79 Å². The fourth-order valence-corrected chi connectivity index (χ4v) is 1.78. The molecule has 0 radical (unpaired) electrons. The smallest absolute Gasteiger partial charge is 0.253 e. The summed E-state index contributed by atoms with van der Waals surface area (Å²) in [6.45, 7) is 4.63. The third-order valence-electron chi connectivity index (χ3n) is 2.80. The number of nitrogens with one attached hydrogen (secondary N) is 3. The fourth-order valence-electron chi connectivity index (χ4n) is 1.78. The van der Waals surface area contributed by atoms with Gasteiger partial charge in [-0.3, -0.25) is 14.9 Å².